The number of benzene rings is 1. The number of H-pyrrole nitrogens is 1. The van der Waals surface area contributed by atoms with Crippen LogP contribution in [0.25, 0.3) is 10.9 Å². The molecule has 2 aromatic rings. The van der Waals surface area contributed by atoms with Crippen LogP contribution in [-0.4, -0.2) is 33.2 Å². The molecule has 0 saturated carbocycles. The SMILES string of the molecule is Nc1ccc2c(S(=O)(=O)NCC3CCCOC3)c[nH]c2c1. The summed E-state index contributed by atoms with van der Waals surface area (Å²) < 4.78 is 32.9. The Kier molecular flexibility index (Phi) is 3.88. The van der Waals surface area contributed by atoms with E-state index in [1.807, 2.05) is 0 Å². The molecule has 0 amide bonds. The normalized spacial score (nSPS) is 19.9. The van der Waals surface area contributed by atoms with Crippen LogP contribution in [0.4, 0.5) is 5.69 Å². The Labute approximate surface area is 123 Å². The molecule has 2 heterocycles. The summed E-state index contributed by atoms with van der Waals surface area (Å²) in [7, 11) is -3.53. The molecular formula is C14H19N3O3S. The van der Waals surface area contributed by atoms with Gasteiger partial charge in [0.15, 0.2) is 0 Å². The second kappa shape index (κ2) is 5.67. The lowest BCUT2D eigenvalue weighted by molar-refractivity contribution is 0.0568. The minimum Gasteiger partial charge on any atom is -0.399 e. The highest BCUT2D eigenvalue weighted by molar-refractivity contribution is 7.89. The highest BCUT2D eigenvalue weighted by Gasteiger charge is 2.21. The van der Waals surface area contributed by atoms with Crippen LogP contribution in [0.15, 0.2) is 29.3 Å². The van der Waals surface area contributed by atoms with Crippen LogP contribution >= 0.6 is 0 Å². The molecule has 0 bridgehead atoms. The Hall–Kier alpha value is -1.57. The Morgan fingerprint density at radius 2 is 2.29 bits per heavy atom. The Bertz CT molecular complexity index is 733. The van der Waals surface area contributed by atoms with Crippen molar-refractivity contribution in [2.24, 2.45) is 5.92 Å². The van der Waals surface area contributed by atoms with E-state index in [9.17, 15) is 8.42 Å². The molecule has 0 spiro atoms. The summed E-state index contributed by atoms with van der Waals surface area (Å²) in [5.41, 5.74) is 7.02. The monoisotopic (exact) mass is 309 g/mol. The maximum absolute atomic E-state index is 12.4. The van der Waals surface area contributed by atoms with Crippen molar-refractivity contribution in [3.05, 3.63) is 24.4 Å². The van der Waals surface area contributed by atoms with E-state index in [-0.39, 0.29) is 10.8 Å². The molecule has 1 aliphatic heterocycles. The molecule has 6 nitrogen and oxygen atoms in total. The van der Waals surface area contributed by atoms with Gasteiger partial charge >= 0.3 is 0 Å². The molecule has 4 N–H and O–H groups in total. The van der Waals surface area contributed by atoms with Gasteiger partial charge in [0.2, 0.25) is 10.0 Å². The Balaban J connectivity index is 1.79. The van der Waals surface area contributed by atoms with Crippen molar-refractivity contribution in [3.8, 4) is 0 Å². The molecule has 114 valence electrons. The van der Waals surface area contributed by atoms with Gasteiger partial charge < -0.3 is 15.5 Å². The predicted octanol–water partition coefficient (Wildman–Crippen LogP) is 1.45. The highest BCUT2D eigenvalue weighted by Crippen LogP contribution is 2.24. The summed E-state index contributed by atoms with van der Waals surface area (Å²) in [6.45, 7) is 1.80. The van der Waals surface area contributed by atoms with Gasteiger partial charge in [0, 0.05) is 35.9 Å². The fourth-order valence-corrected chi connectivity index (χ4v) is 3.91. The van der Waals surface area contributed by atoms with Gasteiger partial charge in [0.05, 0.1) is 6.61 Å². The van der Waals surface area contributed by atoms with Crippen LogP contribution in [-0.2, 0) is 14.8 Å². The van der Waals surface area contributed by atoms with E-state index in [0.717, 1.165) is 25.0 Å². The first-order chi connectivity index (χ1) is 10.1. The smallest absolute Gasteiger partial charge is 0.242 e. The number of hydrogen-bond acceptors (Lipinski definition) is 4. The standard InChI is InChI=1S/C14H19N3O3S/c15-11-3-4-12-13(6-11)16-8-14(12)21(18,19)17-7-10-2-1-5-20-9-10/h3-4,6,8,10,16-17H,1-2,5,7,9,15H2. The molecule has 21 heavy (non-hydrogen) atoms. The molecule has 3 rings (SSSR count). The van der Waals surface area contributed by atoms with Crippen LogP contribution in [0.3, 0.4) is 0 Å². The second-order valence-corrected chi connectivity index (χ2v) is 7.13. The van der Waals surface area contributed by atoms with E-state index in [1.54, 1.807) is 18.2 Å². The fraction of sp³-hybridized carbons (Fsp3) is 0.429. The number of anilines is 1. The molecule has 1 aromatic heterocycles. The van der Waals surface area contributed by atoms with Gasteiger partial charge in [-0.1, -0.05) is 0 Å². The number of hydrogen-bond donors (Lipinski definition) is 3. The zero-order chi connectivity index (χ0) is 14.9. The maximum atomic E-state index is 12.4. The molecule has 1 atom stereocenters. The molecule has 1 aromatic carbocycles. The maximum Gasteiger partial charge on any atom is 0.242 e. The lowest BCUT2D eigenvalue weighted by Crippen LogP contribution is -2.33. The first-order valence-corrected chi connectivity index (χ1v) is 8.48. The third-order valence-corrected chi connectivity index (χ3v) is 5.24. The fourth-order valence-electron chi connectivity index (χ4n) is 2.61. The van der Waals surface area contributed by atoms with Crippen molar-refractivity contribution in [2.75, 3.05) is 25.5 Å². The highest BCUT2D eigenvalue weighted by atomic mass is 32.2. The predicted molar refractivity (Wildman–Crippen MR) is 81.4 cm³/mol. The first-order valence-electron chi connectivity index (χ1n) is 7.00. The second-order valence-electron chi connectivity index (χ2n) is 5.39. The lowest BCUT2D eigenvalue weighted by Gasteiger charge is -2.22. The number of nitrogens with one attached hydrogen (secondary N) is 2. The largest absolute Gasteiger partial charge is 0.399 e. The number of aromatic nitrogens is 1. The quantitative estimate of drug-likeness (QED) is 0.745. The molecule has 0 aliphatic carbocycles. The number of rotatable bonds is 4. The molecule has 1 fully saturated rings. The molecule has 1 saturated heterocycles. The van der Waals surface area contributed by atoms with E-state index >= 15 is 0 Å². The summed E-state index contributed by atoms with van der Waals surface area (Å²) in [6.07, 6.45) is 3.48. The summed E-state index contributed by atoms with van der Waals surface area (Å²) in [5, 5.41) is 0.650. The van der Waals surface area contributed by atoms with E-state index < -0.39 is 10.0 Å². The van der Waals surface area contributed by atoms with Crippen molar-refractivity contribution in [3.63, 3.8) is 0 Å². The van der Waals surface area contributed by atoms with Crippen molar-refractivity contribution >= 4 is 26.6 Å². The van der Waals surface area contributed by atoms with Gasteiger partial charge in [-0.25, -0.2) is 13.1 Å². The van der Waals surface area contributed by atoms with Crippen LogP contribution in [0.1, 0.15) is 12.8 Å². The average Bonchev–Trinajstić information content (AvgIpc) is 2.90. The lowest BCUT2D eigenvalue weighted by atomic mass is 10.0. The number of aromatic amines is 1. The van der Waals surface area contributed by atoms with Crippen molar-refractivity contribution in [2.45, 2.75) is 17.7 Å². The first kappa shape index (κ1) is 14.4. The van der Waals surface area contributed by atoms with Crippen LogP contribution in [0.5, 0.6) is 0 Å². The Morgan fingerprint density at radius 1 is 1.43 bits per heavy atom. The minimum atomic E-state index is -3.53. The summed E-state index contributed by atoms with van der Waals surface area (Å²) in [4.78, 5) is 3.21. The molecule has 7 heteroatoms. The number of ether oxygens (including phenoxy) is 1. The topological polar surface area (TPSA) is 97.2 Å². The number of nitrogens with two attached hydrogens (primary N) is 1. The zero-order valence-corrected chi connectivity index (χ0v) is 12.4. The number of nitrogen functional groups attached to an aromatic ring is 1. The van der Waals surface area contributed by atoms with Gasteiger partial charge in [-0.05, 0) is 37.0 Å². The van der Waals surface area contributed by atoms with Crippen molar-refractivity contribution in [1.29, 1.82) is 0 Å². The minimum absolute atomic E-state index is 0.245. The third kappa shape index (κ3) is 3.04. The van der Waals surface area contributed by atoms with Gasteiger partial charge in [-0.2, -0.15) is 0 Å². The zero-order valence-electron chi connectivity index (χ0n) is 11.6. The van der Waals surface area contributed by atoms with Gasteiger partial charge in [0.1, 0.15) is 4.90 Å². The third-order valence-electron chi connectivity index (χ3n) is 3.77. The van der Waals surface area contributed by atoms with Crippen molar-refractivity contribution < 1.29 is 13.2 Å². The van der Waals surface area contributed by atoms with Crippen LogP contribution in [0.2, 0.25) is 0 Å². The molecule has 1 unspecified atom stereocenters. The van der Waals surface area contributed by atoms with E-state index in [0.29, 0.717) is 24.2 Å². The molecule has 0 radical (unpaired) electrons. The summed E-state index contributed by atoms with van der Waals surface area (Å²) in [6, 6.07) is 5.15. The molecule has 1 aliphatic rings. The number of sulfonamides is 1. The molecular weight excluding hydrogens is 290 g/mol. The summed E-state index contributed by atoms with van der Waals surface area (Å²) in [5.74, 6) is 0.245. The van der Waals surface area contributed by atoms with Crippen molar-refractivity contribution in [1.82, 2.24) is 9.71 Å². The van der Waals surface area contributed by atoms with Gasteiger partial charge in [0.25, 0.3) is 0 Å². The average molecular weight is 309 g/mol. The van der Waals surface area contributed by atoms with E-state index in [4.69, 9.17) is 10.5 Å². The van der Waals surface area contributed by atoms with Crippen LogP contribution < -0.4 is 10.5 Å². The number of fused-ring (bicyclic) bond motifs is 1. The van der Waals surface area contributed by atoms with E-state index in [2.05, 4.69) is 9.71 Å². The van der Waals surface area contributed by atoms with Gasteiger partial charge in [-0.15, -0.1) is 0 Å². The Morgan fingerprint density at radius 3 is 3.05 bits per heavy atom. The van der Waals surface area contributed by atoms with Gasteiger partial charge in [-0.3, -0.25) is 0 Å². The van der Waals surface area contributed by atoms with Crippen LogP contribution in [0, 0.1) is 5.92 Å². The van der Waals surface area contributed by atoms with E-state index in [1.165, 1.54) is 6.20 Å². The summed E-state index contributed by atoms with van der Waals surface area (Å²) >= 11 is 0.